The van der Waals surface area contributed by atoms with E-state index in [-0.39, 0.29) is 17.9 Å². The number of nitrogens with one attached hydrogen (secondary N) is 1. The quantitative estimate of drug-likeness (QED) is 0.328. The topological polar surface area (TPSA) is 63.6 Å². The van der Waals surface area contributed by atoms with Crippen molar-refractivity contribution in [1.82, 2.24) is 9.88 Å². The SMILES string of the molecule is COC(=O)c1ccc([C@H](C)NC(=O)c2cccc3ccn(CC4CCN(c5ccccc5)CC4)c23)cc1. The molecule has 0 radical (unpaired) electrons. The van der Waals surface area contributed by atoms with Gasteiger partial charge in [-0.15, -0.1) is 0 Å². The molecule has 0 bridgehead atoms. The molecule has 1 saturated heterocycles. The summed E-state index contributed by atoms with van der Waals surface area (Å²) < 4.78 is 7.02. The normalized spacial score (nSPS) is 14.9. The molecule has 1 amide bonds. The molecular formula is C31H33N3O3. The number of ether oxygens (including phenoxy) is 1. The van der Waals surface area contributed by atoms with Crippen LogP contribution in [-0.4, -0.2) is 36.6 Å². The first kappa shape index (κ1) is 24.6. The smallest absolute Gasteiger partial charge is 0.337 e. The number of fused-ring (bicyclic) bond motifs is 1. The van der Waals surface area contributed by atoms with Gasteiger partial charge in [-0.2, -0.15) is 0 Å². The highest BCUT2D eigenvalue weighted by Gasteiger charge is 2.22. The van der Waals surface area contributed by atoms with Gasteiger partial charge in [0.15, 0.2) is 0 Å². The van der Waals surface area contributed by atoms with Crippen LogP contribution in [0.25, 0.3) is 10.9 Å². The van der Waals surface area contributed by atoms with Gasteiger partial charge < -0.3 is 19.5 Å². The fourth-order valence-corrected chi connectivity index (χ4v) is 5.27. The number of hydrogen-bond acceptors (Lipinski definition) is 4. The molecule has 1 aliphatic heterocycles. The Hall–Kier alpha value is -4.06. The van der Waals surface area contributed by atoms with Crippen LogP contribution < -0.4 is 10.2 Å². The van der Waals surface area contributed by atoms with Crippen molar-refractivity contribution in [2.75, 3.05) is 25.1 Å². The standard InChI is InChI=1S/C31H33N3O3/c1-22(24-11-13-26(14-12-24)31(36)37-2)32-30(35)28-10-6-7-25-17-20-34(29(25)28)21-23-15-18-33(19-16-23)27-8-4-3-5-9-27/h3-14,17,20,22-23H,15-16,18-19,21H2,1-2H3,(H,32,35)/t22-/m0/s1. The first-order chi connectivity index (χ1) is 18.0. The molecule has 6 nitrogen and oxygen atoms in total. The number of anilines is 1. The van der Waals surface area contributed by atoms with E-state index in [4.69, 9.17) is 4.74 Å². The Kier molecular flexibility index (Phi) is 7.26. The van der Waals surface area contributed by atoms with Crippen molar-refractivity contribution in [1.29, 1.82) is 0 Å². The molecular weight excluding hydrogens is 462 g/mol. The van der Waals surface area contributed by atoms with Crippen LogP contribution in [0.3, 0.4) is 0 Å². The van der Waals surface area contributed by atoms with Crippen molar-refractivity contribution >= 4 is 28.5 Å². The molecule has 0 unspecified atom stereocenters. The number of rotatable bonds is 7. The number of para-hydroxylation sites is 2. The van der Waals surface area contributed by atoms with Crippen molar-refractivity contribution < 1.29 is 14.3 Å². The van der Waals surface area contributed by atoms with Crippen LogP contribution in [0.2, 0.25) is 0 Å². The van der Waals surface area contributed by atoms with Gasteiger partial charge in [0.2, 0.25) is 0 Å². The minimum atomic E-state index is -0.374. The number of aromatic nitrogens is 1. The molecule has 1 aliphatic rings. The average molecular weight is 496 g/mol. The van der Waals surface area contributed by atoms with E-state index in [1.54, 1.807) is 12.1 Å². The summed E-state index contributed by atoms with van der Waals surface area (Å²) in [5.74, 6) is 0.0920. The Bertz CT molecular complexity index is 1370. The fraction of sp³-hybridized carbons (Fsp3) is 0.290. The second-order valence-electron chi connectivity index (χ2n) is 9.79. The number of amides is 1. The summed E-state index contributed by atoms with van der Waals surface area (Å²) in [5, 5.41) is 4.21. The molecule has 1 atom stereocenters. The average Bonchev–Trinajstić information content (AvgIpc) is 3.36. The van der Waals surface area contributed by atoms with E-state index in [1.165, 1.54) is 12.8 Å². The van der Waals surface area contributed by atoms with Crippen LogP contribution in [0.5, 0.6) is 0 Å². The highest BCUT2D eigenvalue weighted by atomic mass is 16.5. The van der Waals surface area contributed by atoms with Crippen molar-refractivity contribution in [3.8, 4) is 0 Å². The Labute approximate surface area is 217 Å². The largest absolute Gasteiger partial charge is 0.465 e. The Morgan fingerprint density at radius 3 is 2.38 bits per heavy atom. The first-order valence-electron chi connectivity index (χ1n) is 12.9. The highest BCUT2D eigenvalue weighted by Crippen LogP contribution is 2.28. The number of esters is 1. The zero-order valence-electron chi connectivity index (χ0n) is 21.4. The van der Waals surface area contributed by atoms with Crippen LogP contribution in [-0.2, 0) is 11.3 Å². The molecule has 2 heterocycles. The third-order valence-electron chi connectivity index (χ3n) is 7.40. The molecule has 1 N–H and O–H groups in total. The van der Waals surface area contributed by atoms with Gasteiger partial charge in [-0.05, 0) is 67.6 Å². The zero-order valence-corrected chi connectivity index (χ0v) is 21.4. The minimum absolute atomic E-state index is 0.103. The maximum Gasteiger partial charge on any atom is 0.337 e. The molecule has 0 aliphatic carbocycles. The van der Waals surface area contributed by atoms with E-state index in [2.05, 4.69) is 63.4 Å². The van der Waals surface area contributed by atoms with E-state index in [1.807, 2.05) is 31.2 Å². The molecule has 1 fully saturated rings. The third kappa shape index (κ3) is 5.38. The zero-order chi connectivity index (χ0) is 25.8. The van der Waals surface area contributed by atoms with Gasteiger partial charge >= 0.3 is 5.97 Å². The van der Waals surface area contributed by atoms with Gasteiger partial charge in [0, 0.05) is 36.9 Å². The van der Waals surface area contributed by atoms with Gasteiger partial charge in [0.25, 0.3) is 5.91 Å². The number of carbonyl (C=O) groups is 2. The Morgan fingerprint density at radius 1 is 0.946 bits per heavy atom. The van der Waals surface area contributed by atoms with E-state index in [0.29, 0.717) is 17.0 Å². The van der Waals surface area contributed by atoms with Crippen molar-refractivity contribution in [3.05, 3.63) is 102 Å². The monoisotopic (exact) mass is 495 g/mol. The number of benzene rings is 3. The lowest BCUT2D eigenvalue weighted by Crippen LogP contribution is -2.35. The van der Waals surface area contributed by atoms with E-state index < -0.39 is 0 Å². The third-order valence-corrected chi connectivity index (χ3v) is 7.40. The van der Waals surface area contributed by atoms with Crippen molar-refractivity contribution in [2.45, 2.75) is 32.4 Å². The lowest BCUT2D eigenvalue weighted by Gasteiger charge is -2.34. The summed E-state index contributed by atoms with van der Waals surface area (Å²) in [7, 11) is 1.36. The van der Waals surface area contributed by atoms with Gasteiger partial charge in [-0.1, -0.05) is 42.5 Å². The van der Waals surface area contributed by atoms with Crippen LogP contribution in [0.15, 0.2) is 85.1 Å². The molecule has 0 saturated carbocycles. The lowest BCUT2D eigenvalue weighted by atomic mass is 9.96. The van der Waals surface area contributed by atoms with Crippen LogP contribution in [0.1, 0.15) is 52.1 Å². The second kappa shape index (κ2) is 10.9. The summed E-state index contributed by atoms with van der Waals surface area (Å²) in [5.41, 5.74) is 4.37. The molecule has 6 heteroatoms. The molecule has 3 aromatic carbocycles. The lowest BCUT2D eigenvalue weighted by molar-refractivity contribution is 0.0600. The molecule has 37 heavy (non-hydrogen) atoms. The van der Waals surface area contributed by atoms with E-state index >= 15 is 0 Å². The fourth-order valence-electron chi connectivity index (χ4n) is 5.27. The summed E-state index contributed by atoms with van der Waals surface area (Å²) in [6.45, 7) is 4.95. The Balaban J connectivity index is 1.28. The molecule has 190 valence electrons. The number of carbonyl (C=O) groups excluding carboxylic acids is 2. The maximum absolute atomic E-state index is 13.4. The number of hydrogen-bond donors (Lipinski definition) is 1. The summed E-state index contributed by atoms with van der Waals surface area (Å²) in [4.78, 5) is 27.6. The molecule has 4 aromatic rings. The van der Waals surface area contributed by atoms with E-state index in [0.717, 1.165) is 48.9 Å². The van der Waals surface area contributed by atoms with Gasteiger partial charge in [-0.25, -0.2) is 4.79 Å². The van der Waals surface area contributed by atoms with E-state index in [9.17, 15) is 9.59 Å². The summed E-state index contributed by atoms with van der Waals surface area (Å²) in [6, 6.07) is 25.5. The predicted octanol–water partition coefficient (Wildman–Crippen LogP) is 5.84. The van der Waals surface area contributed by atoms with Crippen LogP contribution in [0.4, 0.5) is 5.69 Å². The van der Waals surface area contributed by atoms with Crippen LogP contribution in [0, 0.1) is 5.92 Å². The first-order valence-corrected chi connectivity index (χ1v) is 12.9. The predicted molar refractivity (Wildman–Crippen MR) is 147 cm³/mol. The minimum Gasteiger partial charge on any atom is -0.465 e. The van der Waals surface area contributed by atoms with Crippen molar-refractivity contribution in [3.63, 3.8) is 0 Å². The number of piperidine rings is 1. The molecule has 5 rings (SSSR count). The van der Waals surface area contributed by atoms with Gasteiger partial charge in [0.1, 0.15) is 0 Å². The highest BCUT2D eigenvalue weighted by molar-refractivity contribution is 6.06. The van der Waals surface area contributed by atoms with Gasteiger partial charge in [-0.3, -0.25) is 4.79 Å². The summed E-state index contributed by atoms with van der Waals surface area (Å²) >= 11 is 0. The second-order valence-corrected chi connectivity index (χ2v) is 9.79. The molecule has 1 aromatic heterocycles. The van der Waals surface area contributed by atoms with Gasteiger partial charge in [0.05, 0.1) is 29.8 Å². The van der Waals surface area contributed by atoms with Crippen molar-refractivity contribution in [2.24, 2.45) is 5.92 Å². The number of methoxy groups -OCH3 is 1. The maximum atomic E-state index is 13.4. The molecule has 0 spiro atoms. The summed E-state index contributed by atoms with van der Waals surface area (Å²) in [6.07, 6.45) is 4.36. The van der Waals surface area contributed by atoms with Crippen LogP contribution >= 0.6 is 0 Å². The number of nitrogens with zero attached hydrogens (tertiary/aromatic N) is 2. The Morgan fingerprint density at radius 2 is 1.68 bits per heavy atom.